The highest BCUT2D eigenvalue weighted by atomic mass is 16.5. The predicted molar refractivity (Wildman–Crippen MR) is 59.7 cm³/mol. The zero-order chi connectivity index (χ0) is 11.9. The molecule has 1 N–H and O–H groups in total. The molecule has 0 aromatic heterocycles. The van der Waals surface area contributed by atoms with Crippen molar-refractivity contribution in [2.45, 2.75) is 39.2 Å². The summed E-state index contributed by atoms with van der Waals surface area (Å²) in [6.45, 7) is 7.95. The number of ether oxygens (including phenoxy) is 1. The molecule has 0 rings (SSSR count). The van der Waals surface area contributed by atoms with Gasteiger partial charge in [0.05, 0.1) is 12.7 Å². The van der Waals surface area contributed by atoms with E-state index in [-0.39, 0.29) is 5.97 Å². The van der Waals surface area contributed by atoms with Crippen LogP contribution in [-0.4, -0.2) is 48.3 Å². The maximum atomic E-state index is 10.9. The summed E-state index contributed by atoms with van der Waals surface area (Å²) in [6, 6.07) is 0. The number of likely N-dealkylation sites (N-methyl/N-ethyl adjacent to an activating group) is 1. The molecule has 0 aliphatic rings. The van der Waals surface area contributed by atoms with Gasteiger partial charge >= 0.3 is 5.97 Å². The Morgan fingerprint density at radius 3 is 2.47 bits per heavy atom. The first-order valence-electron chi connectivity index (χ1n) is 5.40. The lowest BCUT2D eigenvalue weighted by molar-refractivity contribution is -0.140. The number of esters is 1. The Bertz CT molecular complexity index is 187. The van der Waals surface area contributed by atoms with E-state index in [1.165, 1.54) is 7.11 Å². The highest BCUT2D eigenvalue weighted by Gasteiger charge is 2.16. The van der Waals surface area contributed by atoms with Crippen molar-refractivity contribution in [1.82, 2.24) is 4.90 Å². The molecule has 0 aromatic carbocycles. The first kappa shape index (κ1) is 14.4. The van der Waals surface area contributed by atoms with Gasteiger partial charge in [-0.2, -0.15) is 0 Å². The van der Waals surface area contributed by atoms with E-state index >= 15 is 0 Å². The number of carbonyl (C=O) groups excluding carboxylic acids is 1. The smallest absolute Gasteiger partial charge is 0.305 e. The largest absolute Gasteiger partial charge is 0.469 e. The van der Waals surface area contributed by atoms with Crippen LogP contribution in [0.2, 0.25) is 0 Å². The number of nitrogens with zero attached hydrogens (tertiary/aromatic N) is 1. The third-order valence-corrected chi connectivity index (χ3v) is 2.14. The molecule has 0 fully saturated rings. The van der Waals surface area contributed by atoms with E-state index in [0.29, 0.717) is 13.0 Å². The number of hydrogen-bond donors (Lipinski definition) is 1. The molecule has 0 saturated carbocycles. The molecule has 0 unspecified atom stereocenters. The molecule has 90 valence electrons. The highest BCUT2D eigenvalue weighted by molar-refractivity contribution is 5.69. The number of aliphatic hydroxyl groups is 1. The molecule has 0 aliphatic heterocycles. The summed E-state index contributed by atoms with van der Waals surface area (Å²) in [7, 11) is 1.40. The maximum Gasteiger partial charge on any atom is 0.305 e. The molecular formula is C11H23NO3. The van der Waals surface area contributed by atoms with Gasteiger partial charge in [0, 0.05) is 13.0 Å². The molecule has 0 bridgehead atoms. The van der Waals surface area contributed by atoms with Crippen molar-refractivity contribution in [3.05, 3.63) is 0 Å². The summed E-state index contributed by atoms with van der Waals surface area (Å²) in [6.07, 6.45) is 1.22. The van der Waals surface area contributed by atoms with E-state index in [1.807, 2.05) is 6.92 Å². The fraction of sp³-hybridized carbons (Fsp3) is 0.909. The SMILES string of the molecule is CCN(CCCC(=O)OC)CC(C)(C)O. The molecule has 0 amide bonds. The van der Waals surface area contributed by atoms with Crippen LogP contribution in [0.1, 0.15) is 33.6 Å². The van der Waals surface area contributed by atoms with Crippen LogP contribution in [0, 0.1) is 0 Å². The van der Waals surface area contributed by atoms with Crippen molar-refractivity contribution < 1.29 is 14.6 Å². The Labute approximate surface area is 92.2 Å². The van der Waals surface area contributed by atoms with Crippen molar-refractivity contribution in [3.8, 4) is 0 Å². The lowest BCUT2D eigenvalue weighted by atomic mass is 10.1. The van der Waals surface area contributed by atoms with Crippen LogP contribution in [0.4, 0.5) is 0 Å². The van der Waals surface area contributed by atoms with Crippen LogP contribution >= 0.6 is 0 Å². The highest BCUT2D eigenvalue weighted by Crippen LogP contribution is 2.06. The zero-order valence-corrected chi connectivity index (χ0v) is 10.2. The number of hydrogen-bond acceptors (Lipinski definition) is 4. The van der Waals surface area contributed by atoms with Crippen LogP contribution in [0.3, 0.4) is 0 Å². The van der Waals surface area contributed by atoms with Crippen molar-refractivity contribution in [2.24, 2.45) is 0 Å². The molecule has 15 heavy (non-hydrogen) atoms. The lowest BCUT2D eigenvalue weighted by Crippen LogP contribution is -2.39. The minimum absolute atomic E-state index is 0.172. The molecule has 0 heterocycles. The second kappa shape index (κ2) is 6.80. The van der Waals surface area contributed by atoms with E-state index in [4.69, 9.17) is 0 Å². The number of rotatable bonds is 7. The van der Waals surface area contributed by atoms with Gasteiger partial charge in [-0.25, -0.2) is 0 Å². The Morgan fingerprint density at radius 1 is 1.47 bits per heavy atom. The maximum absolute atomic E-state index is 10.9. The Kier molecular flexibility index (Phi) is 6.52. The third-order valence-electron chi connectivity index (χ3n) is 2.14. The molecule has 0 atom stereocenters. The number of carbonyl (C=O) groups is 1. The van der Waals surface area contributed by atoms with Gasteiger partial charge in [-0.3, -0.25) is 4.79 Å². The minimum atomic E-state index is -0.679. The second-order valence-electron chi connectivity index (χ2n) is 4.36. The average Bonchev–Trinajstić information content (AvgIpc) is 2.14. The van der Waals surface area contributed by atoms with Crippen molar-refractivity contribution in [2.75, 3.05) is 26.7 Å². The van der Waals surface area contributed by atoms with Crippen LogP contribution in [0.5, 0.6) is 0 Å². The van der Waals surface area contributed by atoms with Crippen LogP contribution < -0.4 is 0 Å². The first-order valence-corrected chi connectivity index (χ1v) is 5.40. The summed E-state index contributed by atoms with van der Waals surface area (Å²) in [5.41, 5.74) is -0.679. The van der Waals surface area contributed by atoms with Gasteiger partial charge in [0.1, 0.15) is 0 Å². The van der Waals surface area contributed by atoms with Gasteiger partial charge < -0.3 is 14.7 Å². The van der Waals surface area contributed by atoms with E-state index in [0.717, 1.165) is 19.5 Å². The van der Waals surface area contributed by atoms with E-state index in [2.05, 4.69) is 9.64 Å². The van der Waals surface area contributed by atoms with Gasteiger partial charge in [0.2, 0.25) is 0 Å². The average molecular weight is 217 g/mol. The van der Waals surface area contributed by atoms with Gasteiger partial charge in [-0.05, 0) is 33.4 Å². The summed E-state index contributed by atoms with van der Waals surface area (Å²) in [5, 5.41) is 9.64. The molecule has 0 saturated heterocycles. The van der Waals surface area contributed by atoms with Crippen LogP contribution in [0.15, 0.2) is 0 Å². The molecule has 4 nitrogen and oxygen atoms in total. The molecule has 0 aliphatic carbocycles. The van der Waals surface area contributed by atoms with Gasteiger partial charge in [-0.1, -0.05) is 6.92 Å². The Morgan fingerprint density at radius 2 is 2.07 bits per heavy atom. The minimum Gasteiger partial charge on any atom is -0.469 e. The molecular weight excluding hydrogens is 194 g/mol. The number of methoxy groups -OCH3 is 1. The Hall–Kier alpha value is -0.610. The normalized spacial score (nSPS) is 11.9. The summed E-state index contributed by atoms with van der Waals surface area (Å²) >= 11 is 0. The molecule has 4 heteroatoms. The van der Waals surface area contributed by atoms with E-state index in [1.54, 1.807) is 13.8 Å². The molecule has 0 spiro atoms. The van der Waals surface area contributed by atoms with Crippen LogP contribution in [-0.2, 0) is 9.53 Å². The predicted octanol–water partition coefficient (Wildman–Crippen LogP) is 1.03. The monoisotopic (exact) mass is 217 g/mol. The van der Waals surface area contributed by atoms with Crippen molar-refractivity contribution >= 4 is 5.97 Å². The fourth-order valence-corrected chi connectivity index (χ4v) is 1.45. The standard InChI is InChI=1S/C11H23NO3/c1-5-12(9-11(2,3)14)8-6-7-10(13)15-4/h14H,5-9H2,1-4H3. The van der Waals surface area contributed by atoms with E-state index in [9.17, 15) is 9.90 Å². The van der Waals surface area contributed by atoms with E-state index < -0.39 is 5.60 Å². The Balaban J connectivity index is 3.76. The zero-order valence-electron chi connectivity index (χ0n) is 10.2. The fourth-order valence-electron chi connectivity index (χ4n) is 1.45. The van der Waals surface area contributed by atoms with Crippen molar-refractivity contribution in [1.29, 1.82) is 0 Å². The van der Waals surface area contributed by atoms with Gasteiger partial charge in [0.15, 0.2) is 0 Å². The quantitative estimate of drug-likeness (QED) is 0.647. The van der Waals surface area contributed by atoms with Crippen molar-refractivity contribution in [3.63, 3.8) is 0 Å². The summed E-state index contributed by atoms with van der Waals surface area (Å²) < 4.78 is 4.56. The second-order valence-corrected chi connectivity index (χ2v) is 4.36. The third kappa shape index (κ3) is 8.39. The molecule has 0 radical (unpaired) electrons. The van der Waals surface area contributed by atoms with Gasteiger partial charge in [0.25, 0.3) is 0 Å². The summed E-state index contributed by atoms with van der Waals surface area (Å²) in [4.78, 5) is 13.0. The lowest BCUT2D eigenvalue weighted by Gasteiger charge is -2.27. The van der Waals surface area contributed by atoms with Crippen LogP contribution in [0.25, 0.3) is 0 Å². The summed E-state index contributed by atoms with van der Waals surface area (Å²) in [5.74, 6) is -0.172. The topological polar surface area (TPSA) is 49.8 Å². The molecule has 0 aromatic rings. The first-order chi connectivity index (χ1) is 6.89. The van der Waals surface area contributed by atoms with Gasteiger partial charge in [-0.15, -0.1) is 0 Å².